The van der Waals surface area contributed by atoms with Crippen molar-refractivity contribution in [2.45, 2.75) is 0 Å². The predicted molar refractivity (Wildman–Crippen MR) is 85.1 cm³/mol. The minimum absolute atomic E-state index is 0.511. The molecule has 0 saturated heterocycles. The van der Waals surface area contributed by atoms with E-state index in [9.17, 15) is 13.0 Å². The van der Waals surface area contributed by atoms with Crippen LogP contribution in [0.1, 0.15) is 0 Å². The predicted octanol–water partition coefficient (Wildman–Crippen LogP) is -0.522. The molecule has 0 bridgehead atoms. The van der Waals surface area contributed by atoms with Crippen molar-refractivity contribution in [3.63, 3.8) is 0 Å². The summed E-state index contributed by atoms with van der Waals surface area (Å²) >= 11 is 0. The van der Waals surface area contributed by atoms with E-state index in [-0.39, 0.29) is 0 Å². The minimum atomic E-state index is -4.41. The third-order valence-corrected chi connectivity index (χ3v) is 3.49. The van der Waals surface area contributed by atoms with E-state index < -0.39 is 10.4 Å². The molecule has 3 rings (SSSR count). The van der Waals surface area contributed by atoms with Crippen LogP contribution in [0.3, 0.4) is 0 Å². The largest absolute Gasteiger partial charge is 0.726 e. The number of rotatable bonds is 2. The molecule has 10 nitrogen and oxygen atoms in total. The van der Waals surface area contributed by atoms with Gasteiger partial charge in [0.25, 0.3) is 0 Å². The van der Waals surface area contributed by atoms with Gasteiger partial charge >= 0.3 is 0 Å². The lowest BCUT2D eigenvalue weighted by Gasteiger charge is -1.98. The number of hydrogen-bond acceptors (Lipinski definition) is 8. The smallest absolute Gasteiger partial charge is 0.235 e. The third kappa shape index (κ3) is 3.76. The Hall–Kier alpha value is -2.76. The number of fused-ring (bicyclic) bond motifs is 1. The lowest BCUT2D eigenvalue weighted by molar-refractivity contribution is -0.660. The van der Waals surface area contributed by atoms with Crippen LogP contribution in [0.5, 0.6) is 0 Å². The molecule has 0 saturated carbocycles. The average Bonchev–Trinajstić information content (AvgIpc) is 2.87. The van der Waals surface area contributed by atoms with Crippen LogP contribution < -0.4 is 16.0 Å². The fourth-order valence-electron chi connectivity index (χ4n) is 1.94. The molecule has 3 aromatic rings. The van der Waals surface area contributed by atoms with Crippen LogP contribution in [-0.2, 0) is 21.6 Å². The van der Waals surface area contributed by atoms with Gasteiger partial charge in [-0.2, -0.15) is 14.2 Å². The highest BCUT2D eigenvalue weighted by Gasteiger charge is 2.19. The number of nitrogen functional groups attached to an aromatic ring is 2. The second-order valence-electron chi connectivity index (χ2n) is 4.64. The molecule has 3 heterocycles. The van der Waals surface area contributed by atoms with Crippen molar-refractivity contribution in [2.75, 3.05) is 18.6 Å². The molecule has 11 heteroatoms. The zero-order valence-corrected chi connectivity index (χ0v) is 13.8. The summed E-state index contributed by atoms with van der Waals surface area (Å²) < 4.78 is 34.5. The van der Waals surface area contributed by atoms with Gasteiger partial charge < -0.3 is 16.0 Å². The van der Waals surface area contributed by atoms with Crippen molar-refractivity contribution in [1.29, 1.82) is 0 Å². The van der Waals surface area contributed by atoms with E-state index in [1.54, 1.807) is 16.8 Å². The maximum atomic E-state index is 9.22. The van der Waals surface area contributed by atoms with Gasteiger partial charge in [-0.05, 0) is 12.1 Å². The Morgan fingerprint density at radius 3 is 2.50 bits per heavy atom. The topological polar surface area (TPSA) is 153 Å². The summed E-state index contributed by atoms with van der Waals surface area (Å²) in [6.45, 7) is 0. The summed E-state index contributed by atoms with van der Waals surface area (Å²) in [6, 6.07) is 7.53. The number of nitrogens with zero attached hydrogens (tertiary/aromatic N) is 4. The van der Waals surface area contributed by atoms with Gasteiger partial charge in [-0.15, -0.1) is 0 Å². The van der Waals surface area contributed by atoms with E-state index in [0.717, 1.165) is 12.8 Å². The third-order valence-electron chi connectivity index (χ3n) is 3.08. The lowest BCUT2D eigenvalue weighted by Crippen LogP contribution is -2.30. The number of nitrogens with two attached hydrogens (primary N) is 2. The first-order valence-corrected chi connectivity index (χ1v) is 7.93. The molecule has 0 aliphatic heterocycles. The van der Waals surface area contributed by atoms with E-state index in [1.165, 1.54) is 0 Å². The summed E-state index contributed by atoms with van der Waals surface area (Å²) in [6.07, 6.45) is 3.56. The van der Waals surface area contributed by atoms with Gasteiger partial charge in [-0.1, -0.05) is 0 Å². The molecule has 0 aliphatic rings. The van der Waals surface area contributed by atoms with Gasteiger partial charge in [-0.3, -0.25) is 4.18 Å². The van der Waals surface area contributed by atoms with Crippen LogP contribution in [0, 0.1) is 0 Å². The SMILES string of the molecule is COS(=O)(=O)[O-].C[n+]1ccccc1-c1nn2c(N)ccnc2c1N. The van der Waals surface area contributed by atoms with Crippen LogP contribution in [0.4, 0.5) is 11.5 Å². The van der Waals surface area contributed by atoms with E-state index in [1.807, 2.05) is 36.0 Å². The molecule has 0 fully saturated rings. The summed E-state index contributed by atoms with van der Waals surface area (Å²) in [7, 11) is -1.66. The lowest BCUT2D eigenvalue weighted by atomic mass is 10.2. The van der Waals surface area contributed by atoms with Gasteiger partial charge in [0.1, 0.15) is 18.6 Å². The Labute approximate surface area is 138 Å². The number of anilines is 2. The molecule has 128 valence electrons. The number of aryl methyl sites for hydroxylation is 1. The minimum Gasteiger partial charge on any atom is -0.726 e. The van der Waals surface area contributed by atoms with Gasteiger partial charge in [0.05, 0.1) is 7.11 Å². The first kappa shape index (κ1) is 17.6. The zero-order chi connectivity index (χ0) is 17.9. The van der Waals surface area contributed by atoms with Crippen LogP contribution in [0.25, 0.3) is 17.0 Å². The quantitative estimate of drug-likeness (QED) is 0.355. The van der Waals surface area contributed by atoms with E-state index in [0.29, 0.717) is 22.8 Å². The first-order chi connectivity index (χ1) is 11.2. The fraction of sp³-hybridized carbons (Fsp3) is 0.154. The van der Waals surface area contributed by atoms with Gasteiger partial charge in [0.2, 0.25) is 16.1 Å². The summed E-state index contributed by atoms with van der Waals surface area (Å²) in [5.41, 5.74) is 14.7. The molecule has 0 atom stereocenters. The second-order valence-corrected chi connectivity index (χ2v) is 5.79. The van der Waals surface area contributed by atoms with Crippen LogP contribution in [0.2, 0.25) is 0 Å². The Balaban J connectivity index is 0.000000301. The highest BCUT2D eigenvalue weighted by atomic mass is 32.3. The normalized spacial score (nSPS) is 11.1. The Morgan fingerprint density at radius 2 is 1.96 bits per heavy atom. The molecule has 0 spiro atoms. The molecule has 0 radical (unpaired) electrons. The van der Waals surface area contributed by atoms with Crippen LogP contribution in [-0.4, -0.2) is 34.7 Å². The number of aromatic nitrogens is 4. The van der Waals surface area contributed by atoms with Crippen molar-refractivity contribution < 1.29 is 21.7 Å². The second kappa shape index (κ2) is 6.78. The molecule has 0 unspecified atom stereocenters. The van der Waals surface area contributed by atoms with Crippen molar-refractivity contribution in [3.8, 4) is 11.4 Å². The molecule has 0 amide bonds. The molecular weight excluding hydrogens is 336 g/mol. The number of pyridine rings is 1. The van der Waals surface area contributed by atoms with Crippen molar-refractivity contribution in [2.24, 2.45) is 7.05 Å². The molecule has 24 heavy (non-hydrogen) atoms. The van der Waals surface area contributed by atoms with Crippen LogP contribution >= 0.6 is 0 Å². The molecule has 0 aromatic carbocycles. The average molecular weight is 352 g/mol. The van der Waals surface area contributed by atoms with E-state index in [2.05, 4.69) is 14.3 Å². The van der Waals surface area contributed by atoms with Crippen LogP contribution in [0.15, 0.2) is 36.7 Å². The number of hydrogen-bond donors (Lipinski definition) is 2. The molecule has 3 aromatic heterocycles. The fourth-order valence-corrected chi connectivity index (χ4v) is 1.94. The standard InChI is InChI=1S/C12H12N6.CH4O4S/c1-17-7-3-2-4-8(17)11-10(14)12-15-6-5-9(13)18(12)16-11;1-5-6(2,3)4/h2-7,13-14,16H,1H3;1H3,(H,2,3,4). The summed E-state index contributed by atoms with van der Waals surface area (Å²) in [4.78, 5) is 4.20. The van der Waals surface area contributed by atoms with Crippen molar-refractivity contribution in [3.05, 3.63) is 36.7 Å². The van der Waals surface area contributed by atoms with Gasteiger partial charge in [-0.25, -0.2) is 13.4 Å². The Kier molecular flexibility index (Phi) is 4.97. The van der Waals surface area contributed by atoms with E-state index in [4.69, 9.17) is 11.5 Å². The summed E-state index contributed by atoms with van der Waals surface area (Å²) in [5, 5.41) is 4.43. The maximum absolute atomic E-state index is 9.22. The van der Waals surface area contributed by atoms with E-state index >= 15 is 0 Å². The van der Waals surface area contributed by atoms with Crippen molar-refractivity contribution >= 4 is 27.6 Å². The Morgan fingerprint density at radius 1 is 1.29 bits per heavy atom. The van der Waals surface area contributed by atoms with Crippen molar-refractivity contribution in [1.82, 2.24) is 14.6 Å². The maximum Gasteiger partial charge on any atom is 0.235 e. The Bertz CT molecular complexity index is 970. The molecule has 0 aliphatic carbocycles. The molecular formula is C13H16N6O4S. The van der Waals surface area contributed by atoms with Gasteiger partial charge in [0.15, 0.2) is 17.5 Å². The zero-order valence-electron chi connectivity index (χ0n) is 12.9. The molecule has 4 N–H and O–H groups in total. The summed E-state index contributed by atoms with van der Waals surface area (Å²) in [5.74, 6) is 0.511. The van der Waals surface area contributed by atoms with Gasteiger partial charge in [0, 0.05) is 18.3 Å². The first-order valence-electron chi connectivity index (χ1n) is 6.59. The monoisotopic (exact) mass is 352 g/mol. The highest BCUT2D eigenvalue weighted by Crippen LogP contribution is 2.25. The highest BCUT2D eigenvalue weighted by molar-refractivity contribution is 7.80.